The number of carbonyl (C=O) groups is 1. The van der Waals surface area contributed by atoms with E-state index in [2.05, 4.69) is 20.4 Å². The molecule has 0 spiro atoms. The summed E-state index contributed by atoms with van der Waals surface area (Å²) in [6.45, 7) is 5.32. The molecule has 0 saturated carbocycles. The molecule has 22 heavy (non-hydrogen) atoms. The van der Waals surface area contributed by atoms with Gasteiger partial charge in [-0.2, -0.15) is 10.2 Å². The number of likely N-dealkylation sites (tertiary alicyclic amines) is 1. The minimum atomic E-state index is -0.0333. The second-order valence-corrected chi connectivity index (χ2v) is 5.74. The molecule has 4 heterocycles. The van der Waals surface area contributed by atoms with Crippen LogP contribution in [0.2, 0.25) is 0 Å². The Kier molecular flexibility index (Phi) is 3.30. The van der Waals surface area contributed by atoms with Crippen LogP contribution < -0.4 is 10.2 Å². The highest BCUT2D eigenvalue weighted by molar-refractivity contribution is 5.93. The molecule has 1 N–H and O–H groups in total. The third-order valence-electron chi connectivity index (χ3n) is 4.27. The van der Waals surface area contributed by atoms with Crippen LogP contribution in [-0.2, 0) is 6.54 Å². The molecule has 4 rings (SSSR count). The van der Waals surface area contributed by atoms with Crippen LogP contribution >= 0.6 is 0 Å². The van der Waals surface area contributed by atoms with Crippen molar-refractivity contribution < 1.29 is 4.79 Å². The zero-order chi connectivity index (χ0) is 14.9. The summed E-state index contributed by atoms with van der Waals surface area (Å²) in [5.74, 6) is 0. The summed E-state index contributed by atoms with van der Waals surface area (Å²) < 4.78 is 3.93. The lowest BCUT2D eigenvalue weighted by molar-refractivity contribution is 0.0934. The minimum Gasteiger partial charge on any atom is -0.336 e. The molecule has 8 heteroatoms. The first-order valence-corrected chi connectivity index (χ1v) is 7.59. The van der Waals surface area contributed by atoms with Crippen LogP contribution in [0.3, 0.4) is 0 Å². The lowest BCUT2D eigenvalue weighted by Crippen LogP contribution is -2.48. The average molecular weight is 301 g/mol. The maximum Gasteiger partial charge on any atom is 0.322 e. The number of carbonyl (C=O) groups excluding carboxylic acids is 1. The van der Waals surface area contributed by atoms with Crippen LogP contribution in [0, 0.1) is 0 Å². The van der Waals surface area contributed by atoms with Gasteiger partial charge in [-0.25, -0.2) is 4.79 Å². The van der Waals surface area contributed by atoms with Gasteiger partial charge in [0.2, 0.25) is 0 Å². The Morgan fingerprint density at radius 1 is 1.27 bits per heavy atom. The molecule has 2 saturated heterocycles. The van der Waals surface area contributed by atoms with Crippen LogP contribution in [0.15, 0.2) is 30.9 Å². The molecule has 8 nitrogen and oxygen atoms in total. The van der Waals surface area contributed by atoms with Gasteiger partial charge in [-0.1, -0.05) is 0 Å². The number of amides is 2. The Morgan fingerprint density at radius 2 is 2.18 bits per heavy atom. The first-order valence-electron chi connectivity index (χ1n) is 7.59. The normalized spacial score (nSPS) is 19.5. The molecule has 0 unspecified atom stereocenters. The molecule has 0 aromatic carbocycles. The number of nitrogens with one attached hydrogen (secondary N) is 1. The predicted octanol–water partition coefficient (Wildman–Crippen LogP) is 0.166. The largest absolute Gasteiger partial charge is 0.336 e. The van der Waals surface area contributed by atoms with Gasteiger partial charge in [0, 0.05) is 51.3 Å². The summed E-state index contributed by atoms with van der Waals surface area (Å²) in [6, 6.07) is 2.31. The lowest BCUT2D eigenvalue weighted by atomic mass is 10.1. The van der Waals surface area contributed by atoms with Crippen molar-refractivity contribution in [3.05, 3.63) is 30.9 Å². The number of urea groups is 1. The SMILES string of the molecule is O=C1NCCN1c1cnn(C2CN(CCn3cccn3)C2)c1. The quantitative estimate of drug-likeness (QED) is 0.854. The molecule has 0 atom stereocenters. The van der Waals surface area contributed by atoms with Crippen LogP contribution in [0.1, 0.15) is 6.04 Å². The fourth-order valence-corrected chi connectivity index (χ4v) is 2.95. The molecule has 0 bridgehead atoms. The molecular formula is C14H19N7O. The Balaban J connectivity index is 1.29. The highest BCUT2D eigenvalue weighted by Crippen LogP contribution is 2.23. The average Bonchev–Trinajstić information content (AvgIpc) is 3.17. The van der Waals surface area contributed by atoms with E-state index in [-0.39, 0.29) is 6.03 Å². The standard InChI is InChI=1S/C14H19N7O/c22-14-15-3-5-20(14)12-8-17-21(11-12)13-9-18(10-13)6-7-19-4-1-2-16-19/h1-2,4,8,11,13H,3,5-7,9-10H2,(H,15,22). The van der Waals surface area contributed by atoms with E-state index < -0.39 is 0 Å². The van der Waals surface area contributed by atoms with Gasteiger partial charge in [0.05, 0.1) is 24.5 Å². The highest BCUT2D eigenvalue weighted by Gasteiger charge is 2.29. The summed E-state index contributed by atoms with van der Waals surface area (Å²) in [6.07, 6.45) is 7.54. The van der Waals surface area contributed by atoms with Crippen molar-refractivity contribution in [2.24, 2.45) is 0 Å². The van der Waals surface area contributed by atoms with E-state index in [0.29, 0.717) is 19.1 Å². The number of nitrogens with zero attached hydrogens (tertiary/aromatic N) is 6. The van der Waals surface area contributed by atoms with Crippen molar-refractivity contribution in [3.63, 3.8) is 0 Å². The molecule has 0 aliphatic carbocycles. The van der Waals surface area contributed by atoms with Crippen molar-refractivity contribution in [1.82, 2.24) is 29.8 Å². The summed E-state index contributed by atoms with van der Waals surface area (Å²) >= 11 is 0. The fourth-order valence-electron chi connectivity index (χ4n) is 2.95. The van der Waals surface area contributed by atoms with Crippen molar-refractivity contribution in [3.8, 4) is 0 Å². The third-order valence-corrected chi connectivity index (χ3v) is 4.27. The lowest BCUT2D eigenvalue weighted by Gasteiger charge is -2.39. The van der Waals surface area contributed by atoms with Crippen LogP contribution in [0.4, 0.5) is 10.5 Å². The van der Waals surface area contributed by atoms with Gasteiger partial charge in [0.25, 0.3) is 0 Å². The molecule has 2 aliphatic rings. The summed E-state index contributed by atoms with van der Waals surface area (Å²) in [5, 5.41) is 11.4. The van der Waals surface area contributed by atoms with Gasteiger partial charge in [-0.05, 0) is 6.07 Å². The second-order valence-electron chi connectivity index (χ2n) is 5.74. The van der Waals surface area contributed by atoms with Crippen molar-refractivity contribution >= 4 is 11.7 Å². The number of hydrogen-bond acceptors (Lipinski definition) is 4. The van der Waals surface area contributed by atoms with E-state index in [4.69, 9.17) is 0 Å². The second kappa shape index (κ2) is 5.45. The zero-order valence-electron chi connectivity index (χ0n) is 12.3. The van der Waals surface area contributed by atoms with E-state index in [0.717, 1.165) is 31.9 Å². The van der Waals surface area contributed by atoms with Crippen molar-refractivity contribution in [1.29, 1.82) is 0 Å². The maximum atomic E-state index is 11.6. The number of hydrogen-bond donors (Lipinski definition) is 1. The monoisotopic (exact) mass is 301 g/mol. The van der Waals surface area contributed by atoms with Crippen LogP contribution in [0.25, 0.3) is 0 Å². The smallest absolute Gasteiger partial charge is 0.322 e. The van der Waals surface area contributed by atoms with E-state index in [1.165, 1.54) is 0 Å². The predicted molar refractivity (Wildman–Crippen MR) is 80.7 cm³/mol. The molecule has 116 valence electrons. The molecular weight excluding hydrogens is 282 g/mol. The van der Waals surface area contributed by atoms with Gasteiger partial charge in [0.15, 0.2) is 0 Å². The minimum absolute atomic E-state index is 0.0333. The summed E-state index contributed by atoms with van der Waals surface area (Å²) in [4.78, 5) is 15.8. The van der Waals surface area contributed by atoms with E-state index in [1.54, 1.807) is 17.3 Å². The summed E-state index contributed by atoms with van der Waals surface area (Å²) in [7, 11) is 0. The number of anilines is 1. The van der Waals surface area contributed by atoms with Gasteiger partial charge in [-0.15, -0.1) is 0 Å². The van der Waals surface area contributed by atoms with E-state index >= 15 is 0 Å². The van der Waals surface area contributed by atoms with Gasteiger partial charge >= 0.3 is 6.03 Å². The highest BCUT2D eigenvalue weighted by atomic mass is 16.2. The fraction of sp³-hybridized carbons (Fsp3) is 0.500. The van der Waals surface area contributed by atoms with Crippen LogP contribution in [0.5, 0.6) is 0 Å². The molecule has 2 amide bonds. The molecule has 2 fully saturated rings. The molecule has 0 radical (unpaired) electrons. The van der Waals surface area contributed by atoms with Gasteiger partial charge in [-0.3, -0.25) is 19.2 Å². The Bertz CT molecular complexity index is 644. The Labute approximate surface area is 128 Å². The molecule has 2 aromatic rings. The zero-order valence-corrected chi connectivity index (χ0v) is 12.3. The summed E-state index contributed by atoms with van der Waals surface area (Å²) in [5.41, 5.74) is 0.880. The molecule has 2 aliphatic heterocycles. The first-order chi connectivity index (χ1) is 10.8. The third kappa shape index (κ3) is 2.45. The first kappa shape index (κ1) is 13.3. The van der Waals surface area contributed by atoms with E-state index in [1.807, 2.05) is 27.8 Å². The van der Waals surface area contributed by atoms with Gasteiger partial charge < -0.3 is 5.32 Å². The van der Waals surface area contributed by atoms with Crippen molar-refractivity contribution in [2.75, 3.05) is 37.6 Å². The maximum absolute atomic E-state index is 11.6. The van der Waals surface area contributed by atoms with Gasteiger partial charge in [0.1, 0.15) is 0 Å². The number of aromatic nitrogens is 4. The Morgan fingerprint density at radius 3 is 2.91 bits per heavy atom. The number of rotatable bonds is 5. The topological polar surface area (TPSA) is 71.2 Å². The Hall–Kier alpha value is -2.35. The van der Waals surface area contributed by atoms with E-state index in [9.17, 15) is 4.79 Å². The van der Waals surface area contributed by atoms with Crippen LogP contribution in [-0.4, -0.2) is 63.2 Å². The molecule has 2 aromatic heterocycles. The van der Waals surface area contributed by atoms with Crippen molar-refractivity contribution in [2.45, 2.75) is 12.6 Å².